The number of aromatic nitrogens is 3. The first-order valence-electron chi connectivity index (χ1n) is 7.40. The van der Waals surface area contributed by atoms with Crippen molar-refractivity contribution in [2.45, 2.75) is 32.9 Å². The van der Waals surface area contributed by atoms with E-state index in [0.717, 1.165) is 0 Å². The molecule has 0 aliphatic carbocycles. The Morgan fingerprint density at radius 2 is 2.00 bits per heavy atom. The zero-order valence-corrected chi connectivity index (χ0v) is 14.6. The van der Waals surface area contributed by atoms with Gasteiger partial charge >= 0.3 is 6.61 Å². The van der Waals surface area contributed by atoms with Gasteiger partial charge in [0.1, 0.15) is 5.75 Å². The van der Waals surface area contributed by atoms with Crippen molar-refractivity contribution in [3.05, 3.63) is 35.7 Å². The van der Waals surface area contributed by atoms with Gasteiger partial charge in [0.05, 0.1) is 11.4 Å². The molecule has 0 radical (unpaired) electrons. The highest BCUT2D eigenvalue weighted by atomic mass is 35.5. The van der Waals surface area contributed by atoms with E-state index in [4.69, 9.17) is 5.73 Å². The van der Waals surface area contributed by atoms with Gasteiger partial charge in [-0.25, -0.2) is 4.68 Å². The van der Waals surface area contributed by atoms with Gasteiger partial charge in [0, 0.05) is 12.6 Å². The van der Waals surface area contributed by atoms with Crippen molar-refractivity contribution in [3.8, 4) is 11.4 Å². The molecule has 0 saturated heterocycles. The van der Waals surface area contributed by atoms with Crippen LogP contribution in [0.5, 0.6) is 5.75 Å². The van der Waals surface area contributed by atoms with Crippen molar-refractivity contribution in [2.24, 2.45) is 5.73 Å². The van der Waals surface area contributed by atoms with Gasteiger partial charge in [0.15, 0.2) is 5.69 Å². The lowest BCUT2D eigenvalue weighted by Gasteiger charge is -2.08. The topological polar surface area (TPSA) is 95.1 Å². The molecule has 0 bridgehead atoms. The summed E-state index contributed by atoms with van der Waals surface area (Å²) in [6.07, 6.45) is 0.657. The predicted octanol–water partition coefficient (Wildman–Crippen LogP) is 2.07. The van der Waals surface area contributed by atoms with Gasteiger partial charge in [0.2, 0.25) is 0 Å². The van der Waals surface area contributed by atoms with E-state index < -0.39 is 6.61 Å². The number of halogens is 3. The molecule has 1 heterocycles. The van der Waals surface area contributed by atoms with Crippen molar-refractivity contribution >= 4 is 18.3 Å². The summed E-state index contributed by atoms with van der Waals surface area (Å²) >= 11 is 0. The molecule has 0 aliphatic rings. The number of nitrogens with one attached hydrogen (secondary N) is 1. The largest absolute Gasteiger partial charge is 0.435 e. The Labute approximate surface area is 149 Å². The molecule has 10 heteroatoms. The quantitative estimate of drug-likeness (QED) is 0.772. The van der Waals surface area contributed by atoms with Crippen molar-refractivity contribution < 1.29 is 18.3 Å². The van der Waals surface area contributed by atoms with E-state index in [-0.39, 0.29) is 35.8 Å². The predicted molar refractivity (Wildman–Crippen MR) is 90.6 cm³/mol. The SMILES string of the molecule is Cc1c(C(=O)NCCC(C)N)nnn1-c1ccc(OC(F)F)cc1.Cl. The van der Waals surface area contributed by atoms with Crippen molar-refractivity contribution in [3.63, 3.8) is 0 Å². The van der Waals surface area contributed by atoms with Gasteiger partial charge < -0.3 is 15.8 Å². The van der Waals surface area contributed by atoms with Crippen LogP contribution in [0.3, 0.4) is 0 Å². The van der Waals surface area contributed by atoms with Crippen LogP contribution in [0.4, 0.5) is 8.78 Å². The fourth-order valence-electron chi connectivity index (χ4n) is 2.05. The van der Waals surface area contributed by atoms with Gasteiger partial charge in [-0.1, -0.05) is 5.21 Å². The zero-order chi connectivity index (χ0) is 17.7. The molecular weight excluding hydrogens is 356 g/mol. The molecule has 0 saturated carbocycles. The molecule has 2 aromatic rings. The van der Waals surface area contributed by atoms with Gasteiger partial charge in [-0.3, -0.25) is 4.79 Å². The number of carbonyl (C=O) groups excluding carboxylic acids is 1. The highest BCUT2D eigenvalue weighted by molar-refractivity contribution is 5.93. The van der Waals surface area contributed by atoms with Gasteiger partial charge in [-0.2, -0.15) is 8.78 Å². The van der Waals surface area contributed by atoms with Crippen LogP contribution >= 0.6 is 12.4 Å². The first-order valence-corrected chi connectivity index (χ1v) is 7.40. The summed E-state index contributed by atoms with van der Waals surface area (Å²) in [6, 6.07) is 5.89. The van der Waals surface area contributed by atoms with E-state index in [1.54, 1.807) is 19.1 Å². The fraction of sp³-hybridized carbons (Fsp3) is 0.400. The molecule has 7 nitrogen and oxygen atoms in total. The van der Waals surface area contributed by atoms with Crippen LogP contribution in [0.1, 0.15) is 29.5 Å². The molecule has 1 aromatic carbocycles. The molecule has 0 fully saturated rings. The van der Waals surface area contributed by atoms with Crippen molar-refractivity contribution in [1.82, 2.24) is 20.3 Å². The van der Waals surface area contributed by atoms with E-state index in [9.17, 15) is 13.6 Å². The number of nitrogens with two attached hydrogens (primary N) is 1. The summed E-state index contributed by atoms with van der Waals surface area (Å²) in [6.45, 7) is 1.12. The van der Waals surface area contributed by atoms with Crippen molar-refractivity contribution in [2.75, 3.05) is 6.54 Å². The number of hydrogen-bond acceptors (Lipinski definition) is 5. The van der Waals surface area contributed by atoms with Crippen molar-refractivity contribution in [1.29, 1.82) is 0 Å². The first-order chi connectivity index (χ1) is 11.4. The number of nitrogens with zero attached hydrogens (tertiary/aromatic N) is 3. The first kappa shape index (κ1) is 20.8. The molecule has 1 unspecified atom stereocenters. The van der Waals surface area contributed by atoms with Gasteiger partial charge in [-0.15, -0.1) is 17.5 Å². The zero-order valence-electron chi connectivity index (χ0n) is 13.8. The monoisotopic (exact) mass is 375 g/mol. The summed E-state index contributed by atoms with van der Waals surface area (Å²) in [7, 11) is 0. The second-order valence-electron chi connectivity index (χ2n) is 5.33. The average molecular weight is 376 g/mol. The Kier molecular flexibility index (Phi) is 7.72. The molecule has 0 spiro atoms. The maximum Gasteiger partial charge on any atom is 0.387 e. The lowest BCUT2D eigenvalue weighted by molar-refractivity contribution is -0.0498. The van der Waals surface area contributed by atoms with Crippen LogP contribution in [0, 0.1) is 6.92 Å². The second kappa shape index (κ2) is 9.28. The van der Waals surface area contributed by atoms with Crippen LogP contribution in [0.25, 0.3) is 5.69 Å². The molecule has 25 heavy (non-hydrogen) atoms. The molecule has 2 rings (SSSR count). The standard InChI is InChI=1S/C15H19F2N5O2.ClH/c1-9(18)7-8-19-14(23)13-10(2)22(21-20-13)11-3-5-12(6-4-11)24-15(16)17;/h3-6,9,15H,7-8,18H2,1-2H3,(H,19,23);1H. The van der Waals surface area contributed by atoms with Gasteiger partial charge in [0.25, 0.3) is 5.91 Å². The van der Waals surface area contributed by atoms with E-state index in [1.165, 1.54) is 16.8 Å². The molecule has 1 aromatic heterocycles. The average Bonchev–Trinajstić information content (AvgIpc) is 2.89. The highest BCUT2D eigenvalue weighted by Gasteiger charge is 2.17. The molecular formula is C15H20ClF2N5O2. The minimum absolute atomic E-state index is 0. The third kappa shape index (κ3) is 5.64. The number of rotatable bonds is 7. The van der Waals surface area contributed by atoms with Crippen LogP contribution in [0.2, 0.25) is 0 Å². The number of benzene rings is 1. The Bertz CT molecular complexity index is 692. The molecule has 138 valence electrons. The van der Waals surface area contributed by atoms with Crippen LogP contribution in [0.15, 0.2) is 24.3 Å². The van der Waals surface area contributed by atoms with Crippen LogP contribution < -0.4 is 15.8 Å². The summed E-state index contributed by atoms with van der Waals surface area (Å²) in [5.74, 6) is -0.294. The second-order valence-corrected chi connectivity index (χ2v) is 5.33. The fourth-order valence-corrected chi connectivity index (χ4v) is 2.05. The van der Waals surface area contributed by atoms with Crippen LogP contribution in [-0.4, -0.2) is 40.1 Å². The Hall–Kier alpha value is -2.26. The number of hydrogen-bond donors (Lipinski definition) is 2. The number of carbonyl (C=O) groups is 1. The van der Waals surface area contributed by atoms with Crippen LogP contribution in [-0.2, 0) is 0 Å². The van der Waals surface area contributed by atoms with Gasteiger partial charge in [-0.05, 0) is 44.5 Å². The lowest BCUT2D eigenvalue weighted by atomic mass is 10.2. The van der Waals surface area contributed by atoms with E-state index in [2.05, 4.69) is 20.4 Å². The maximum atomic E-state index is 12.1. The smallest absolute Gasteiger partial charge is 0.387 e. The lowest BCUT2D eigenvalue weighted by Crippen LogP contribution is -2.29. The summed E-state index contributed by atoms with van der Waals surface area (Å²) < 4.78 is 30.0. The summed E-state index contributed by atoms with van der Waals surface area (Å²) in [5.41, 5.74) is 6.95. The minimum atomic E-state index is -2.88. The Morgan fingerprint density at radius 3 is 2.56 bits per heavy atom. The van der Waals surface area contributed by atoms with E-state index >= 15 is 0 Å². The molecule has 1 amide bonds. The number of alkyl halides is 2. The van der Waals surface area contributed by atoms with E-state index in [0.29, 0.717) is 24.3 Å². The third-order valence-corrected chi connectivity index (χ3v) is 3.30. The molecule has 0 aliphatic heterocycles. The third-order valence-electron chi connectivity index (χ3n) is 3.30. The number of amides is 1. The Balaban J connectivity index is 0.00000312. The highest BCUT2D eigenvalue weighted by Crippen LogP contribution is 2.18. The Morgan fingerprint density at radius 1 is 1.36 bits per heavy atom. The van der Waals surface area contributed by atoms with E-state index in [1.807, 2.05) is 6.92 Å². The maximum absolute atomic E-state index is 12.1. The molecule has 3 N–H and O–H groups in total. The number of ether oxygens (including phenoxy) is 1. The summed E-state index contributed by atoms with van der Waals surface area (Å²) in [4.78, 5) is 12.1. The molecule has 1 atom stereocenters. The summed E-state index contributed by atoms with van der Waals surface area (Å²) in [5, 5.41) is 10.5. The minimum Gasteiger partial charge on any atom is -0.435 e. The normalized spacial score (nSPS) is 11.8.